The van der Waals surface area contributed by atoms with Gasteiger partial charge in [0.25, 0.3) is 0 Å². The molecule has 7 rings (SSSR count). The summed E-state index contributed by atoms with van der Waals surface area (Å²) in [5.41, 5.74) is 11.4. The molecule has 7 aromatic carbocycles. The van der Waals surface area contributed by atoms with Crippen molar-refractivity contribution < 1.29 is 0 Å². The Kier molecular flexibility index (Phi) is 7.71. The molecule has 0 radical (unpaired) electrons. The third kappa shape index (κ3) is 5.49. The largest absolute Gasteiger partial charge is 0.310 e. The lowest BCUT2D eigenvalue weighted by Crippen LogP contribution is -2.11. The maximum Gasteiger partial charge on any atom is 0.0540 e. The molecule has 0 heterocycles. The molecule has 0 aliphatic carbocycles. The lowest BCUT2D eigenvalue weighted by atomic mass is 9.96. The van der Waals surface area contributed by atoms with E-state index < -0.39 is 0 Å². The quantitative estimate of drug-likeness (QED) is 0.181. The van der Waals surface area contributed by atoms with E-state index in [1.165, 1.54) is 11.1 Å². The SMILES string of the molecule is c1ccc(N(c2ccccc2)c2ccccc2-c2cccc(-c3ccccc3N(c3ccccc3)c3ccccc3)c2)cc1. The lowest BCUT2D eigenvalue weighted by molar-refractivity contribution is 1.28. The van der Waals surface area contributed by atoms with Crippen LogP contribution in [0.1, 0.15) is 0 Å². The molecule has 0 aromatic heterocycles. The van der Waals surface area contributed by atoms with Crippen LogP contribution in [0.3, 0.4) is 0 Å². The van der Waals surface area contributed by atoms with Crippen LogP contribution in [-0.2, 0) is 0 Å². The van der Waals surface area contributed by atoms with Gasteiger partial charge in [0.2, 0.25) is 0 Å². The van der Waals surface area contributed by atoms with Crippen molar-refractivity contribution in [1.29, 1.82) is 0 Å². The Balaban J connectivity index is 1.37. The van der Waals surface area contributed by atoms with Crippen molar-refractivity contribution in [2.24, 2.45) is 0 Å². The summed E-state index contributed by atoms with van der Waals surface area (Å²) in [7, 11) is 0. The van der Waals surface area contributed by atoms with Crippen LogP contribution in [0.2, 0.25) is 0 Å². The average Bonchev–Trinajstić information content (AvgIpc) is 3.11. The van der Waals surface area contributed by atoms with Crippen LogP contribution in [0, 0.1) is 0 Å². The highest BCUT2D eigenvalue weighted by molar-refractivity contribution is 5.92. The summed E-state index contributed by atoms with van der Waals surface area (Å²) in [4.78, 5) is 4.67. The summed E-state index contributed by atoms with van der Waals surface area (Å²) in [6.45, 7) is 0. The minimum absolute atomic E-state index is 1.12. The van der Waals surface area contributed by atoms with Gasteiger partial charge in [-0.05, 0) is 77.9 Å². The Bertz CT molecular complexity index is 1730. The van der Waals surface area contributed by atoms with Crippen molar-refractivity contribution in [3.8, 4) is 22.3 Å². The highest BCUT2D eigenvalue weighted by Crippen LogP contribution is 2.44. The van der Waals surface area contributed by atoms with Gasteiger partial charge in [0.05, 0.1) is 11.4 Å². The normalized spacial score (nSPS) is 10.7. The molecule has 0 amide bonds. The van der Waals surface area contributed by atoms with Crippen LogP contribution in [0.15, 0.2) is 194 Å². The summed E-state index contributed by atoms with van der Waals surface area (Å²) in [6.07, 6.45) is 0. The van der Waals surface area contributed by atoms with Crippen LogP contribution in [0.4, 0.5) is 34.1 Å². The molecule has 0 aliphatic rings. The molecule has 2 heteroatoms. The van der Waals surface area contributed by atoms with Crippen LogP contribution in [0.25, 0.3) is 22.3 Å². The molecule has 44 heavy (non-hydrogen) atoms. The van der Waals surface area contributed by atoms with Gasteiger partial charge in [-0.3, -0.25) is 0 Å². The van der Waals surface area contributed by atoms with E-state index in [0.717, 1.165) is 45.3 Å². The predicted molar refractivity (Wildman–Crippen MR) is 187 cm³/mol. The fourth-order valence-corrected chi connectivity index (χ4v) is 5.84. The Morgan fingerprint density at radius 2 is 0.545 bits per heavy atom. The Hall–Kier alpha value is -5.86. The van der Waals surface area contributed by atoms with Crippen LogP contribution in [0.5, 0.6) is 0 Å². The zero-order chi connectivity index (χ0) is 29.6. The number of hydrogen-bond acceptors (Lipinski definition) is 2. The number of benzene rings is 7. The lowest BCUT2D eigenvalue weighted by Gasteiger charge is -2.28. The third-order valence-corrected chi connectivity index (χ3v) is 7.83. The van der Waals surface area contributed by atoms with E-state index in [-0.39, 0.29) is 0 Å². The third-order valence-electron chi connectivity index (χ3n) is 7.83. The summed E-state index contributed by atoms with van der Waals surface area (Å²) in [5.74, 6) is 0. The summed E-state index contributed by atoms with van der Waals surface area (Å²) >= 11 is 0. The fraction of sp³-hybridized carbons (Fsp3) is 0. The van der Waals surface area contributed by atoms with E-state index in [0.29, 0.717) is 0 Å². The maximum absolute atomic E-state index is 2.34. The van der Waals surface area contributed by atoms with Crippen molar-refractivity contribution in [2.45, 2.75) is 0 Å². The first-order valence-electron chi connectivity index (χ1n) is 15.0. The van der Waals surface area contributed by atoms with E-state index in [1.54, 1.807) is 0 Å². The fourth-order valence-electron chi connectivity index (χ4n) is 5.84. The second kappa shape index (κ2) is 12.6. The topological polar surface area (TPSA) is 6.48 Å². The van der Waals surface area contributed by atoms with Crippen molar-refractivity contribution >= 4 is 34.1 Å². The second-order valence-electron chi connectivity index (χ2n) is 10.6. The van der Waals surface area contributed by atoms with Gasteiger partial charge in [0.1, 0.15) is 0 Å². The van der Waals surface area contributed by atoms with Crippen molar-refractivity contribution in [2.75, 3.05) is 9.80 Å². The van der Waals surface area contributed by atoms with Crippen molar-refractivity contribution in [1.82, 2.24) is 0 Å². The predicted octanol–water partition coefficient (Wildman–Crippen LogP) is 12.0. The number of para-hydroxylation sites is 6. The van der Waals surface area contributed by atoms with Gasteiger partial charge >= 0.3 is 0 Å². The Morgan fingerprint density at radius 3 is 0.886 bits per heavy atom. The summed E-state index contributed by atoms with van der Waals surface area (Å²) in [5, 5.41) is 0. The summed E-state index contributed by atoms with van der Waals surface area (Å²) in [6, 6.07) is 68.6. The van der Waals surface area contributed by atoms with Gasteiger partial charge in [-0.25, -0.2) is 0 Å². The second-order valence-corrected chi connectivity index (χ2v) is 10.6. The molecular formula is C42H32N2. The summed E-state index contributed by atoms with van der Waals surface area (Å²) < 4.78 is 0. The standard InChI is InChI=1S/C42H32N2/c1-5-20-35(21-6-1)43(36-22-7-2-8-23-36)41-30-15-13-28-39(41)33-18-17-19-34(32-33)40-29-14-16-31-42(40)44(37-24-9-3-10-25-37)38-26-11-4-12-27-38/h1-32H. The van der Waals surface area contributed by atoms with Gasteiger partial charge in [-0.1, -0.05) is 127 Å². The van der Waals surface area contributed by atoms with Gasteiger partial charge in [0.15, 0.2) is 0 Å². The van der Waals surface area contributed by atoms with E-state index >= 15 is 0 Å². The molecule has 0 aliphatic heterocycles. The molecule has 0 atom stereocenters. The number of hydrogen-bond donors (Lipinski definition) is 0. The molecular weight excluding hydrogens is 532 g/mol. The van der Waals surface area contributed by atoms with E-state index in [1.807, 2.05) is 0 Å². The molecule has 0 fully saturated rings. The van der Waals surface area contributed by atoms with Crippen molar-refractivity contribution in [3.63, 3.8) is 0 Å². The van der Waals surface area contributed by atoms with E-state index in [4.69, 9.17) is 0 Å². The first-order valence-corrected chi connectivity index (χ1v) is 15.0. The van der Waals surface area contributed by atoms with Gasteiger partial charge in [0, 0.05) is 33.9 Å². The number of nitrogens with zero attached hydrogens (tertiary/aromatic N) is 2. The number of rotatable bonds is 8. The van der Waals surface area contributed by atoms with Crippen LogP contribution >= 0.6 is 0 Å². The Morgan fingerprint density at radius 1 is 0.250 bits per heavy atom. The van der Waals surface area contributed by atoms with E-state index in [9.17, 15) is 0 Å². The van der Waals surface area contributed by atoms with E-state index in [2.05, 4.69) is 204 Å². The highest BCUT2D eigenvalue weighted by atomic mass is 15.1. The maximum atomic E-state index is 2.34. The zero-order valence-electron chi connectivity index (χ0n) is 24.4. The van der Waals surface area contributed by atoms with Gasteiger partial charge in [-0.15, -0.1) is 0 Å². The molecule has 210 valence electrons. The first-order chi connectivity index (χ1) is 21.9. The van der Waals surface area contributed by atoms with Crippen LogP contribution in [-0.4, -0.2) is 0 Å². The smallest absolute Gasteiger partial charge is 0.0540 e. The minimum Gasteiger partial charge on any atom is -0.310 e. The van der Waals surface area contributed by atoms with Crippen LogP contribution < -0.4 is 9.80 Å². The highest BCUT2D eigenvalue weighted by Gasteiger charge is 2.19. The molecule has 0 saturated heterocycles. The number of anilines is 6. The molecule has 2 nitrogen and oxygen atoms in total. The first kappa shape index (κ1) is 27.0. The zero-order valence-corrected chi connectivity index (χ0v) is 24.4. The molecule has 7 aromatic rings. The average molecular weight is 565 g/mol. The molecule has 0 unspecified atom stereocenters. The molecule has 0 spiro atoms. The minimum atomic E-state index is 1.12. The molecule has 0 saturated carbocycles. The van der Waals surface area contributed by atoms with Crippen molar-refractivity contribution in [3.05, 3.63) is 194 Å². The molecule has 0 N–H and O–H groups in total. The van der Waals surface area contributed by atoms with Gasteiger partial charge in [-0.2, -0.15) is 0 Å². The monoisotopic (exact) mass is 564 g/mol. The van der Waals surface area contributed by atoms with Gasteiger partial charge < -0.3 is 9.80 Å². The Labute approximate surface area is 259 Å². The molecule has 0 bridgehead atoms.